The fourth-order valence-electron chi connectivity index (χ4n) is 10.2. The van der Waals surface area contributed by atoms with Crippen molar-refractivity contribution in [3.63, 3.8) is 0 Å². The van der Waals surface area contributed by atoms with E-state index in [0.717, 1.165) is 19.0 Å². The number of nitrogens with zero attached hydrogens (tertiary/aromatic N) is 2. The van der Waals surface area contributed by atoms with E-state index in [1.807, 2.05) is 179 Å². The van der Waals surface area contributed by atoms with Crippen LogP contribution in [-0.2, 0) is 0 Å². The summed E-state index contributed by atoms with van der Waals surface area (Å²) in [6, 6.07) is 103. The van der Waals surface area contributed by atoms with Crippen molar-refractivity contribution in [1.29, 1.82) is 4.35 Å². The number of halogens is 1. The molecule has 5 nitrogen and oxygen atoms in total. The molecule has 11 aromatic rings. The molecule has 0 bridgehead atoms. The molecule has 0 saturated carbocycles. The van der Waals surface area contributed by atoms with E-state index in [0.29, 0.717) is 11.8 Å². The Morgan fingerprint density at radius 2 is 0.589 bits per heavy atom. The van der Waals surface area contributed by atoms with Gasteiger partial charge in [-0.15, -0.1) is 11.6 Å². The molecule has 0 fully saturated rings. The summed E-state index contributed by atoms with van der Waals surface area (Å²) in [7, 11) is 0. The maximum atomic E-state index is 5.67. The van der Waals surface area contributed by atoms with E-state index >= 15 is 0 Å². The molecule has 3 heterocycles. The van der Waals surface area contributed by atoms with Crippen LogP contribution in [-0.4, -0.2) is 49.0 Å². The van der Waals surface area contributed by atoms with E-state index in [9.17, 15) is 0 Å². The van der Waals surface area contributed by atoms with Gasteiger partial charge >= 0.3 is 50.0 Å². The summed E-state index contributed by atoms with van der Waals surface area (Å²) in [5.74, 6) is 2.01. The van der Waals surface area contributed by atoms with E-state index < -0.39 is 0 Å². The SMILES string of the molecule is C.C.C.C.C.C.C.C=Cc1ccccc1.C=Cc1ccccc1.C=Cc1ccccc1.CC.CC.CCC(CC(C)c1ccccc1)c1ccccc1.CCCl.CCN1c2ccccc2Sc2ccccc21.CCN1c2ccccc2Sc2ccccc21.[B].[NH]=[Al].[Na+].[OH-].c1ccc2c(c1)Nc1ccccc1S2. The maximum absolute atomic E-state index is 5.67. The smallest absolute Gasteiger partial charge is 0.870 e. The van der Waals surface area contributed by atoms with E-state index in [-0.39, 0.29) is 95.4 Å². The minimum Gasteiger partial charge on any atom is -0.870 e. The van der Waals surface area contributed by atoms with E-state index in [1.54, 1.807) is 16.1 Å². The van der Waals surface area contributed by atoms with Gasteiger partial charge in [-0.25, -0.2) is 0 Å². The van der Waals surface area contributed by atoms with Gasteiger partial charge in [0, 0.05) is 56.8 Å². The molecule has 0 aliphatic carbocycles. The van der Waals surface area contributed by atoms with Crippen LogP contribution in [0.2, 0.25) is 0 Å². The van der Waals surface area contributed by atoms with Crippen molar-refractivity contribution >= 4 is 124 Å². The predicted octanol–water partition coefficient (Wildman–Crippen LogP) is 29.0. The topological polar surface area (TPSA) is 72.4 Å². The van der Waals surface area contributed by atoms with Crippen molar-refractivity contribution in [2.24, 2.45) is 0 Å². The predicted molar refractivity (Wildman–Crippen MR) is 491 cm³/mol. The van der Waals surface area contributed by atoms with Crippen molar-refractivity contribution in [3.8, 4) is 0 Å². The molecule has 11 aromatic carbocycles. The van der Waals surface area contributed by atoms with Gasteiger partial charge in [0.2, 0.25) is 0 Å². The Bertz CT molecular complexity index is 3540. The summed E-state index contributed by atoms with van der Waals surface area (Å²) in [4.78, 5) is 12.7. The molecule has 3 N–H and O–H groups in total. The van der Waals surface area contributed by atoms with Gasteiger partial charge in [-0.2, -0.15) is 0 Å². The second kappa shape index (κ2) is 69.2. The summed E-state index contributed by atoms with van der Waals surface area (Å²) in [6.45, 7) is 31.8. The van der Waals surface area contributed by atoms with Crippen molar-refractivity contribution in [1.82, 2.24) is 0 Å². The Hall–Kier alpha value is -7.26. The zero-order valence-electron chi connectivity index (χ0n) is 60.4. The Balaban J connectivity index is -0.000000214. The fraction of sp³-hybridized carbons (Fsp3) is 0.242. The Morgan fingerprint density at radius 3 is 0.832 bits per heavy atom. The molecule has 0 amide bonds. The molecular formula is C95H128AlBClN4NaOS3. The molecule has 3 aliphatic heterocycles. The van der Waals surface area contributed by atoms with Crippen LogP contribution in [0.3, 0.4) is 0 Å². The van der Waals surface area contributed by atoms with Crippen LogP contribution in [0.25, 0.3) is 18.2 Å². The van der Waals surface area contributed by atoms with Gasteiger partial charge in [0.25, 0.3) is 0 Å². The first-order chi connectivity index (χ1) is 47.7. The minimum absolute atomic E-state index is 0. The van der Waals surface area contributed by atoms with Gasteiger partial charge in [0.05, 0.1) is 34.1 Å². The quantitative estimate of drug-likeness (QED) is 0.104. The second-order valence-electron chi connectivity index (χ2n) is 21.0. The molecule has 2 atom stereocenters. The first kappa shape index (κ1) is 113. The number of rotatable bonds is 10. The normalized spacial score (nSPS) is 10.2. The fourth-order valence-corrected chi connectivity index (χ4v) is 13.4. The second-order valence-corrected chi connectivity index (χ2v) is 24.7. The monoisotopic (exact) mass is 1530 g/mol. The van der Waals surface area contributed by atoms with E-state index in [1.165, 1.54) is 104 Å². The molecule has 0 saturated heterocycles. The van der Waals surface area contributed by atoms with Crippen LogP contribution in [0.15, 0.2) is 346 Å². The number of anilines is 6. The minimum atomic E-state index is 0. The third-order valence-electron chi connectivity index (χ3n) is 14.8. The average Bonchev–Trinajstić information content (AvgIpc) is 0.790. The van der Waals surface area contributed by atoms with Gasteiger partial charge in [-0.05, 0) is 139 Å². The van der Waals surface area contributed by atoms with Gasteiger partial charge in [-0.3, -0.25) is 0 Å². The number of alkyl halides is 1. The van der Waals surface area contributed by atoms with E-state index in [2.05, 4.69) is 269 Å². The van der Waals surface area contributed by atoms with Gasteiger partial charge in [0.15, 0.2) is 0 Å². The first-order valence-corrected chi connectivity index (χ1v) is 37.2. The number of para-hydroxylation sites is 6. The average molecular weight is 1530 g/mol. The van der Waals surface area contributed by atoms with Crippen molar-refractivity contribution < 1.29 is 35.0 Å². The van der Waals surface area contributed by atoms with Gasteiger partial charge in [0.1, 0.15) is 0 Å². The molecular weight excluding hydrogens is 1410 g/mol. The van der Waals surface area contributed by atoms with Crippen molar-refractivity contribution in [2.75, 3.05) is 34.1 Å². The van der Waals surface area contributed by atoms with Gasteiger partial charge < -0.3 is 20.6 Å². The third-order valence-corrected chi connectivity index (χ3v) is 18.2. The van der Waals surface area contributed by atoms with Crippen LogP contribution >= 0.6 is 46.9 Å². The Kier molecular flexibility index (Phi) is 73.1. The zero-order chi connectivity index (χ0) is 70.3. The summed E-state index contributed by atoms with van der Waals surface area (Å²) >= 11 is 12.2. The van der Waals surface area contributed by atoms with Crippen molar-refractivity contribution in [2.45, 2.75) is 168 Å². The Morgan fingerprint density at radius 1 is 0.374 bits per heavy atom. The van der Waals surface area contributed by atoms with Crippen LogP contribution in [0.1, 0.15) is 167 Å². The molecule has 107 heavy (non-hydrogen) atoms. The third kappa shape index (κ3) is 38.6. The summed E-state index contributed by atoms with van der Waals surface area (Å²) in [5, 5.41) is 3.42. The number of hydrogen-bond donors (Lipinski definition) is 2. The van der Waals surface area contributed by atoms with Gasteiger partial charge in [-0.1, -0.05) is 398 Å². The van der Waals surface area contributed by atoms with Crippen LogP contribution in [0.4, 0.5) is 34.1 Å². The van der Waals surface area contributed by atoms with Crippen LogP contribution in [0.5, 0.6) is 0 Å². The number of fused-ring (bicyclic) bond motifs is 6. The molecule has 2 unspecified atom stereocenters. The summed E-state index contributed by atoms with van der Waals surface area (Å²) in [5.41, 5.74) is 14.2. The van der Waals surface area contributed by atoms with E-state index in [4.69, 9.17) is 15.9 Å². The standard InChI is InChI=1S/C18H22.2C14H13NS.C12H9NS.3C8H8.C2H5Cl.2C2H6.7CH4.Al.B.HN.Na.H2O/c1-3-16(18-12-8-5-9-13-18)14-15(2)17-10-6-4-7-11-17;2*1-2-15-11-7-3-5-9-13(11)16-14-10-6-4-8-12(14)15;1-3-7-11-9(5-1)13-10-6-2-4-8-12(10)14-11;3*1-2-8-6-4-3-5-7-8;1-2-3;2*1-2;;;;;;;;;;;;/h4-13,15-16H,3,14H2,1-2H3;2*3-10H,2H2,1H3;1-8,13H;3*2-7H,1H2;2H2,1H3;2*1-2H3;7*1H4;;;1H;;1H2/q;;;;;;;;;;;;;;;;;;;;+1;/p-1. The number of benzene rings is 11. The molecule has 12 heteroatoms. The number of nitrogens with one attached hydrogen (secondary N) is 2. The largest absolute Gasteiger partial charge is 1.00 e. The molecule has 14 rings (SSSR count). The number of hydrogen-bond acceptors (Lipinski definition) is 8. The Labute approximate surface area is 703 Å². The van der Waals surface area contributed by atoms with Crippen molar-refractivity contribution in [3.05, 3.63) is 345 Å². The van der Waals surface area contributed by atoms with Crippen LogP contribution in [0, 0.1) is 4.35 Å². The molecule has 4 radical (unpaired) electrons. The molecule has 0 spiro atoms. The zero-order valence-corrected chi connectivity index (χ0v) is 66.8. The first-order valence-electron chi connectivity index (χ1n) is 33.6. The van der Waals surface area contributed by atoms with Crippen LogP contribution < -0.4 is 44.7 Å². The summed E-state index contributed by atoms with van der Waals surface area (Å²) in [6.07, 6.45) is 7.94. The molecule has 0 aromatic heterocycles. The molecule has 3 aliphatic rings. The maximum Gasteiger partial charge on any atom is 1.00 e. The summed E-state index contributed by atoms with van der Waals surface area (Å²) < 4.78 is 5.67. The molecule has 566 valence electrons.